The molecule has 1 N–H and O–H groups in total. The Balaban J connectivity index is 0.00000231. The highest BCUT2D eigenvalue weighted by atomic mass is 35.5. The molecule has 0 radical (unpaired) electrons. The number of piperidine rings is 1. The van der Waals surface area contributed by atoms with Crippen LogP contribution in [0.15, 0.2) is 36.5 Å². The van der Waals surface area contributed by atoms with Crippen molar-refractivity contribution in [3.63, 3.8) is 0 Å². The second-order valence-corrected chi connectivity index (χ2v) is 8.04. The number of carbonyl (C=O) groups is 1. The SMILES string of the molecule is Cc1ccc2c(Nc3ccc4c(c3)OCO4)c(C(=O)N3CCC(C)CC3)cnc2n1.Cl. The van der Waals surface area contributed by atoms with Crippen molar-refractivity contribution < 1.29 is 14.3 Å². The number of anilines is 2. The van der Waals surface area contributed by atoms with Crippen LogP contribution in [0.5, 0.6) is 11.5 Å². The van der Waals surface area contributed by atoms with Gasteiger partial charge in [0.25, 0.3) is 5.91 Å². The van der Waals surface area contributed by atoms with E-state index in [1.165, 1.54) is 0 Å². The number of pyridine rings is 2. The molecule has 1 amide bonds. The Hall–Kier alpha value is -3.06. The molecule has 2 aliphatic rings. The quantitative estimate of drug-likeness (QED) is 0.635. The van der Waals surface area contributed by atoms with E-state index >= 15 is 0 Å². The van der Waals surface area contributed by atoms with Crippen LogP contribution in [0.1, 0.15) is 35.8 Å². The van der Waals surface area contributed by atoms with Gasteiger partial charge < -0.3 is 19.7 Å². The maximum atomic E-state index is 13.4. The smallest absolute Gasteiger partial charge is 0.257 e. The Labute approximate surface area is 187 Å². The number of benzene rings is 1. The molecule has 0 aliphatic carbocycles. The summed E-state index contributed by atoms with van der Waals surface area (Å²) in [6, 6.07) is 9.57. The predicted molar refractivity (Wildman–Crippen MR) is 122 cm³/mol. The van der Waals surface area contributed by atoms with Gasteiger partial charge in [-0.2, -0.15) is 0 Å². The number of amides is 1. The zero-order chi connectivity index (χ0) is 20.7. The van der Waals surface area contributed by atoms with Gasteiger partial charge in [-0.15, -0.1) is 12.4 Å². The van der Waals surface area contributed by atoms with E-state index in [-0.39, 0.29) is 25.1 Å². The van der Waals surface area contributed by atoms with Crippen LogP contribution in [-0.4, -0.2) is 40.7 Å². The van der Waals surface area contributed by atoms with Gasteiger partial charge in [0, 0.05) is 42.1 Å². The molecule has 1 fully saturated rings. The fourth-order valence-electron chi connectivity index (χ4n) is 3.97. The van der Waals surface area contributed by atoms with Gasteiger partial charge in [-0.1, -0.05) is 6.92 Å². The van der Waals surface area contributed by atoms with E-state index in [9.17, 15) is 4.79 Å². The molecular formula is C23H25ClN4O3. The summed E-state index contributed by atoms with van der Waals surface area (Å²) in [7, 11) is 0. The summed E-state index contributed by atoms with van der Waals surface area (Å²) >= 11 is 0. The van der Waals surface area contributed by atoms with Crippen molar-refractivity contribution in [1.82, 2.24) is 14.9 Å². The number of rotatable bonds is 3. The molecule has 0 bridgehead atoms. The lowest BCUT2D eigenvalue weighted by Gasteiger charge is -2.31. The third-order valence-corrected chi connectivity index (χ3v) is 5.81. The molecule has 162 valence electrons. The molecule has 2 aromatic heterocycles. The predicted octanol–water partition coefficient (Wildman–Crippen LogP) is 4.70. The van der Waals surface area contributed by atoms with Crippen LogP contribution in [0.25, 0.3) is 11.0 Å². The van der Waals surface area contributed by atoms with Crippen molar-refractivity contribution in [2.75, 3.05) is 25.2 Å². The molecule has 8 heteroatoms. The number of fused-ring (bicyclic) bond motifs is 2. The summed E-state index contributed by atoms with van der Waals surface area (Å²) in [6.45, 7) is 5.93. The molecule has 1 aromatic carbocycles. The molecule has 31 heavy (non-hydrogen) atoms. The van der Waals surface area contributed by atoms with Crippen molar-refractivity contribution in [2.24, 2.45) is 5.92 Å². The van der Waals surface area contributed by atoms with E-state index in [0.29, 0.717) is 22.9 Å². The Kier molecular flexibility index (Phi) is 5.87. The van der Waals surface area contributed by atoms with Crippen molar-refractivity contribution in [2.45, 2.75) is 26.7 Å². The van der Waals surface area contributed by atoms with Gasteiger partial charge in [0.2, 0.25) is 6.79 Å². The van der Waals surface area contributed by atoms with Crippen LogP contribution in [0.2, 0.25) is 0 Å². The minimum atomic E-state index is 0. The average Bonchev–Trinajstić information content (AvgIpc) is 3.22. The van der Waals surface area contributed by atoms with Gasteiger partial charge in [-0.05, 0) is 49.9 Å². The van der Waals surface area contributed by atoms with Gasteiger partial charge in [0.15, 0.2) is 17.1 Å². The van der Waals surface area contributed by atoms with Crippen molar-refractivity contribution in [3.05, 3.63) is 47.8 Å². The van der Waals surface area contributed by atoms with Crippen molar-refractivity contribution in [3.8, 4) is 11.5 Å². The van der Waals surface area contributed by atoms with Crippen LogP contribution < -0.4 is 14.8 Å². The lowest BCUT2D eigenvalue weighted by atomic mass is 9.98. The number of halogens is 1. The van der Waals surface area contributed by atoms with Gasteiger partial charge in [0.05, 0.1) is 11.3 Å². The molecule has 7 nitrogen and oxygen atoms in total. The lowest BCUT2D eigenvalue weighted by Crippen LogP contribution is -2.38. The Bertz CT molecular complexity index is 1130. The van der Waals surface area contributed by atoms with E-state index in [2.05, 4.69) is 22.2 Å². The molecule has 5 rings (SSSR count). The summed E-state index contributed by atoms with van der Waals surface area (Å²) < 4.78 is 10.9. The topological polar surface area (TPSA) is 76.6 Å². The molecule has 2 aliphatic heterocycles. The van der Waals surface area contributed by atoms with Crippen LogP contribution in [0, 0.1) is 12.8 Å². The van der Waals surface area contributed by atoms with Crippen LogP contribution in [-0.2, 0) is 0 Å². The minimum absolute atomic E-state index is 0. The number of hydrogen-bond donors (Lipinski definition) is 1. The first-order valence-electron chi connectivity index (χ1n) is 10.3. The zero-order valence-electron chi connectivity index (χ0n) is 17.6. The highest BCUT2D eigenvalue weighted by molar-refractivity contribution is 6.07. The van der Waals surface area contributed by atoms with E-state index in [0.717, 1.165) is 54.1 Å². The molecule has 1 saturated heterocycles. The number of nitrogens with zero attached hydrogens (tertiary/aromatic N) is 3. The monoisotopic (exact) mass is 440 g/mol. The van der Waals surface area contributed by atoms with Crippen molar-refractivity contribution in [1.29, 1.82) is 0 Å². The largest absolute Gasteiger partial charge is 0.454 e. The molecule has 0 saturated carbocycles. The van der Waals surface area contributed by atoms with Gasteiger partial charge in [-0.3, -0.25) is 4.79 Å². The molecule has 4 heterocycles. The summed E-state index contributed by atoms with van der Waals surface area (Å²) in [5.41, 5.74) is 3.58. The summed E-state index contributed by atoms with van der Waals surface area (Å²) in [4.78, 5) is 24.3. The van der Waals surface area contributed by atoms with E-state index in [1.807, 2.05) is 42.2 Å². The number of likely N-dealkylation sites (tertiary alicyclic amines) is 1. The third kappa shape index (κ3) is 4.10. The fourth-order valence-corrected chi connectivity index (χ4v) is 3.97. The zero-order valence-corrected chi connectivity index (χ0v) is 18.4. The second kappa shape index (κ2) is 8.59. The summed E-state index contributed by atoms with van der Waals surface area (Å²) in [6.07, 6.45) is 3.70. The maximum Gasteiger partial charge on any atom is 0.257 e. The summed E-state index contributed by atoms with van der Waals surface area (Å²) in [5.74, 6) is 2.06. The highest BCUT2D eigenvalue weighted by Gasteiger charge is 2.25. The number of ether oxygens (including phenoxy) is 2. The Morgan fingerprint density at radius 1 is 1.13 bits per heavy atom. The number of hydrogen-bond acceptors (Lipinski definition) is 6. The van der Waals surface area contributed by atoms with Crippen LogP contribution in [0.3, 0.4) is 0 Å². The highest BCUT2D eigenvalue weighted by Crippen LogP contribution is 2.37. The fraction of sp³-hybridized carbons (Fsp3) is 0.348. The summed E-state index contributed by atoms with van der Waals surface area (Å²) in [5, 5.41) is 4.24. The second-order valence-electron chi connectivity index (χ2n) is 8.04. The van der Waals surface area contributed by atoms with E-state index in [1.54, 1.807) is 6.20 Å². The number of carbonyl (C=O) groups excluding carboxylic acids is 1. The molecular weight excluding hydrogens is 416 g/mol. The average molecular weight is 441 g/mol. The number of aryl methyl sites for hydroxylation is 1. The Morgan fingerprint density at radius 3 is 2.71 bits per heavy atom. The lowest BCUT2D eigenvalue weighted by molar-refractivity contribution is 0.0698. The minimum Gasteiger partial charge on any atom is -0.454 e. The first-order chi connectivity index (χ1) is 14.6. The molecule has 0 atom stereocenters. The van der Waals surface area contributed by atoms with Crippen LogP contribution >= 0.6 is 12.4 Å². The number of aromatic nitrogens is 2. The first-order valence-corrected chi connectivity index (χ1v) is 10.3. The van der Waals surface area contributed by atoms with Crippen molar-refractivity contribution >= 4 is 40.7 Å². The third-order valence-electron chi connectivity index (χ3n) is 5.81. The van der Waals surface area contributed by atoms with Crippen LogP contribution in [0.4, 0.5) is 11.4 Å². The van der Waals surface area contributed by atoms with Gasteiger partial charge in [0.1, 0.15) is 0 Å². The molecule has 0 unspecified atom stereocenters. The van der Waals surface area contributed by atoms with Gasteiger partial charge in [-0.25, -0.2) is 9.97 Å². The normalized spacial score (nSPS) is 15.6. The number of nitrogens with one attached hydrogen (secondary N) is 1. The maximum absolute atomic E-state index is 13.4. The first kappa shape index (κ1) is 21.2. The standard InChI is InChI=1S/C23H24N4O3.ClH/c1-14-7-9-27(10-8-14)23(28)18-12-24-22-17(5-3-15(2)25-22)21(18)26-16-4-6-19-20(11-16)30-13-29-19;/h3-6,11-12,14H,7-10,13H2,1-2H3,(H,24,25,26);1H. The van der Waals surface area contributed by atoms with E-state index in [4.69, 9.17) is 9.47 Å². The Morgan fingerprint density at radius 2 is 1.90 bits per heavy atom. The molecule has 3 aromatic rings. The van der Waals surface area contributed by atoms with E-state index < -0.39 is 0 Å². The van der Waals surface area contributed by atoms with Gasteiger partial charge >= 0.3 is 0 Å². The molecule has 0 spiro atoms.